The van der Waals surface area contributed by atoms with Crippen LogP contribution >= 0.6 is 15.9 Å². The molecule has 17 heavy (non-hydrogen) atoms. The van der Waals surface area contributed by atoms with Gasteiger partial charge in [-0.25, -0.2) is 0 Å². The van der Waals surface area contributed by atoms with Gasteiger partial charge in [-0.15, -0.1) is 0 Å². The van der Waals surface area contributed by atoms with E-state index in [1.54, 1.807) is 13.2 Å². The summed E-state index contributed by atoms with van der Waals surface area (Å²) >= 11 is 3.33. The van der Waals surface area contributed by atoms with Gasteiger partial charge in [0.15, 0.2) is 5.76 Å². The summed E-state index contributed by atoms with van der Waals surface area (Å²) in [5.41, 5.74) is -0.696. The number of hydrogen-bond acceptors (Lipinski definition) is 3. The Labute approximate surface area is 110 Å². The van der Waals surface area contributed by atoms with Gasteiger partial charge < -0.3 is 9.15 Å². The number of rotatable bonds is 3. The summed E-state index contributed by atoms with van der Waals surface area (Å²) in [4.78, 5) is 12.5. The fourth-order valence-electron chi connectivity index (χ4n) is 2.65. The van der Waals surface area contributed by atoms with Gasteiger partial charge in [-0.1, -0.05) is 13.3 Å². The average molecular weight is 301 g/mol. The van der Waals surface area contributed by atoms with E-state index in [9.17, 15) is 4.79 Å². The summed E-state index contributed by atoms with van der Waals surface area (Å²) in [7, 11) is 1.62. The van der Waals surface area contributed by atoms with Crippen molar-refractivity contribution >= 4 is 21.7 Å². The highest BCUT2D eigenvalue weighted by Gasteiger charge is 2.44. The molecular weight excluding hydrogens is 284 g/mol. The molecule has 0 aliphatic heterocycles. The quantitative estimate of drug-likeness (QED) is 0.797. The van der Waals surface area contributed by atoms with E-state index in [1.165, 1.54) is 6.26 Å². The molecule has 1 heterocycles. The predicted octanol–water partition coefficient (Wildman–Crippen LogP) is 3.82. The second kappa shape index (κ2) is 4.94. The van der Waals surface area contributed by atoms with Crippen molar-refractivity contribution in [1.82, 2.24) is 0 Å². The molecule has 2 atom stereocenters. The van der Waals surface area contributed by atoms with E-state index < -0.39 is 5.60 Å². The van der Waals surface area contributed by atoms with Crippen LogP contribution in [-0.2, 0) is 4.74 Å². The predicted molar refractivity (Wildman–Crippen MR) is 68.1 cm³/mol. The van der Waals surface area contributed by atoms with E-state index in [-0.39, 0.29) is 5.78 Å². The third kappa shape index (κ3) is 2.33. The van der Waals surface area contributed by atoms with Crippen LogP contribution in [0.25, 0.3) is 0 Å². The van der Waals surface area contributed by atoms with Crippen molar-refractivity contribution in [2.45, 2.75) is 38.2 Å². The molecule has 2 rings (SSSR count). The summed E-state index contributed by atoms with van der Waals surface area (Å²) in [5.74, 6) is 0.853. The Bertz CT molecular complexity index is 413. The molecule has 0 amide bonds. The number of Topliss-reactive ketones (excluding diaryl/α,β-unsaturated/α-hetero) is 1. The summed E-state index contributed by atoms with van der Waals surface area (Å²) in [5, 5.41) is 0. The Morgan fingerprint density at radius 2 is 2.41 bits per heavy atom. The fraction of sp³-hybridized carbons (Fsp3) is 0.615. The molecule has 0 N–H and O–H groups in total. The Kier molecular flexibility index (Phi) is 3.73. The molecule has 1 saturated carbocycles. The van der Waals surface area contributed by atoms with Gasteiger partial charge >= 0.3 is 0 Å². The molecule has 0 bridgehead atoms. The first-order valence-corrected chi connectivity index (χ1v) is 6.71. The molecule has 0 radical (unpaired) electrons. The van der Waals surface area contributed by atoms with Gasteiger partial charge in [0.05, 0.1) is 10.7 Å². The molecule has 1 fully saturated rings. The lowest BCUT2D eigenvalue weighted by molar-refractivity contribution is -0.0319. The molecule has 3 nitrogen and oxygen atoms in total. The number of furan rings is 1. The molecule has 0 saturated heterocycles. The van der Waals surface area contributed by atoms with Gasteiger partial charge in [0.2, 0.25) is 5.78 Å². The molecule has 94 valence electrons. The third-order valence-electron chi connectivity index (χ3n) is 3.58. The lowest BCUT2D eigenvalue weighted by Crippen LogP contribution is -2.44. The molecular formula is C13H17BrO3. The summed E-state index contributed by atoms with van der Waals surface area (Å²) in [6.07, 6.45) is 5.26. The highest BCUT2D eigenvalue weighted by molar-refractivity contribution is 9.10. The standard InChI is InChI=1S/C13H17BrO3/c1-9-4-3-6-13(8-9,16-2)12(15)11-10(14)5-7-17-11/h5,7,9H,3-4,6,8H2,1-2H3. The van der Waals surface area contributed by atoms with Crippen LogP contribution in [0.5, 0.6) is 0 Å². The van der Waals surface area contributed by atoms with Crippen molar-refractivity contribution in [3.8, 4) is 0 Å². The van der Waals surface area contributed by atoms with Crippen molar-refractivity contribution < 1.29 is 13.9 Å². The number of carbonyl (C=O) groups is 1. The molecule has 1 aliphatic rings. The number of methoxy groups -OCH3 is 1. The minimum atomic E-state index is -0.696. The van der Waals surface area contributed by atoms with E-state index in [0.29, 0.717) is 16.2 Å². The maximum absolute atomic E-state index is 12.5. The smallest absolute Gasteiger partial charge is 0.230 e. The first kappa shape index (κ1) is 12.8. The Balaban J connectivity index is 2.29. The minimum Gasteiger partial charge on any atom is -0.460 e. The van der Waals surface area contributed by atoms with Gasteiger partial charge in [0, 0.05) is 7.11 Å². The maximum atomic E-state index is 12.5. The van der Waals surface area contributed by atoms with Crippen LogP contribution in [-0.4, -0.2) is 18.5 Å². The molecule has 1 aromatic heterocycles. The highest BCUT2D eigenvalue weighted by Crippen LogP contribution is 2.38. The minimum absolute atomic E-state index is 0.0385. The van der Waals surface area contributed by atoms with E-state index in [0.717, 1.165) is 25.7 Å². The first-order chi connectivity index (χ1) is 8.09. The lowest BCUT2D eigenvalue weighted by atomic mass is 9.76. The monoisotopic (exact) mass is 300 g/mol. The largest absolute Gasteiger partial charge is 0.460 e. The second-order valence-electron chi connectivity index (χ2n) is 4.83. The van der Waals surface area contributed by atoms with Crippen LogP contribution in [0.1, 0.15) is 43.2 Å². The zero-order valence-electron chi connectivity index (χ0n) is 10.2. The van der Waals surface area contributed by atoms with E-state index >= 15 is 0 Å². The molecule has 1 aromatic rings. The Hall–Kier alpha value is -0.610. The van der Waals surface area contributed by atoms with Gasteiger partial charge in [-0.3, -0.25) is 4.79 Å². The Morgan fingerprint density at radius 3 is 2.94 bits per heavy atom. The number of ether oxygens (including phenoxy) is 1. The van der Waals surface area contributed by atoms with Crippen molar-refractivity contribution in [3.05, 3.63) is 22.6 Å². The van der Waals surface area contributed by atoms with E-state index in [2.05, 4.69) is 22.9 Å². The number of ketones is 1. The van der Waals surface area contributed by atoms with Gasteiger partial charge in [0.1, 0.15) is 5.60 Å². The van der Waals surface area contributed by atoms with Crippen molar-refractivity contribution in [2.75, 3.05) is 7.11 Å². The second-order valence-corrected chi connectivity index (χ2v) is 5.68. The normalized spacial score (nSPS) is 29.2. The molecule has 0 spiro atoms. The van der Waals surface area contributed by atoms with Crippen molar-refractivity contribution in [1.29, 1.82) is 0 Å². The average Bonchev–Trinajstić information content (AvgIpc) is 2.74. The molecule has 0 aromatic carbocycles. The fourth-order valence-corrected chi connectivity index (χ4v) is 3.03. The summed E-state index contributed by atoms with van der Waals surface area (Å²) < 4.78 is 11.5. The van der Waals surface area contributed by atoms with Gasteiger partial charge in [-0.2, -0.15) is 0 Å². The van der Waals surface area contributed by atoms with E-state index in [4.69, 9.17) is 9.15 Å². The van der Waals surface area contributed by atoms with Crippen LogP contribution in [0, 0.1) is 5.92 Å². The topological polar surface area (TPSA) is 39.4 Å². The summed E-state index contributed by atoms with van der Waals surface area (Å²) in [6.45, 7) is 2.16. The van der Waals surface area contributed by atoms with Crippen LogP contribution in [0.4, 0.5) is 0 Å². The number of halogens is 1. The number of hydrogen-bond donors (Lipinski definition) is 0. The molecule has 4 heteroatoms. The number of carbonyl (C=O) groups excluding carboxylic acids is 1. The zero-order chi connectivity index (χ0) is 12.5. The van der Waals surface area contributed by atoms with Gasteiger partial charge in [-0.05, 0) is 47.2 Å². The van der Waals surface area contributed by atoms with Crippen molar-refractivity contribution in [2.24, 2.45) is 5.92 Å². The van der Waals surface area contributed by atoms with Crippen molar-refractivity contribution in [3.63, 3.8) is 0 Å². The van der Waals surface area contributed by atoms with Crippen LogP contribution < -0.4 is 0 Å². The highest BCUT2D eigenvalue weighted by atomic mass is 79.9. The summed E-state index contributed by atoms with van der Waals surface area (Å²) in [6, 6.07) is 1.74. The SMILES string of the molecule is COC1(C(=O)c2occc2Br)CCCC(C)C1. The zero-order valence-corrected chi connectivity index (χ0v) is 11.7. The van der Waals surface area contributed by atoms with Crippen LogP contribution in [0.2, 0.25) is 0 Å². The van der Waals surface area contributed by atoms with Crippen LogP contribution in [0.3, 0.4) is 0 Å². The van der Waals surface area contributed by atoms with E-state index in [1.807, 2.05) is 0 Å². The lowest BCUT2D eigenvalue weighted by Gasteiger charge is -2.36. The third-order valence-corrected chi connectivity index (χ3v) is 4.21. The molecule has 1 aliphatic carbocycles. The molecule has 2 unspecified atom stereocenters. The maximum Gasteiger partial charge on any atom is 0.230 e. The van der Waals surface area contributed by atoms with Crippen LogP contribution in [0.15, 0.2) is 21.2 Å². The van der Waals surface area contributed by atoms with Gasteiger partial charge in [0.25, 0.3) is 0 Å². The first-order valence-electron chi connectivity index (χ1n) is 5.92. The Morgan fingerprint density at radius 1 is 1.65 bits per heavy atom.